The molecule has 1 fully saturated rings. The Morgan fingerprint density at radius 1 is 1.25 bits per heavy atom. The Bertz CT molecular complexity index is 758. The van der Waals surface area contributed by atoms with Gasteiger partial charge in [-0.3, -0.25) is 4.99 Å². The fraction of sp³-hybridized carbons (Fsp3) is 0.571. The quantitative estimate of drug-likeness (QED) is 0.452. The summed E-state index contributed by atoms with van der Waals surface area (Å²) in [5.74, 6) is 0.991. The molecule has 0 amide bonds. The molecule has 0 spiro atoms. The van der Waals surface area contributed by atoms with E-state index in [1.54, 1.807) is 12.7 Å². The second-order valence-corrected chi connectivity index (χ2v) is 7.31. The van der Waals surface area contributed by atoms with Crippen molar-refractivity contribution in [1.29, 1.82) is 0 Å². The molecule has 2 heterocycles. The van der Waals surface area contributed by atoms with E-state index in [2.05, 4.69) is 59.4 Å². The second kappa shape index (κ2) is 10.2. The Morgan fingerprint density at radius 3 is 2.82 bits per heavy atom. The minimum atomic E-state index is 0.0898. The lowest BCUT2D eigenvalue weighted by atomic mass is 10.00. The molecule has 1 unspecified atom stereocenters. The van der Waals surface area contributed by atoms with Crippen molar-refractivity contribution in [2.24, 2.45) is 4.99 Å². The molecule has 3 rings (SSSR count). The number of nitrogens with one attached hydrogen (secondary N) is 1. The summed E-state index contributed by atoms with van der Waals surface area (Å²) in [6, 6.07) is 6.60. The van der Waals surface area contributed by atoms with E-state index in [1.807, 2.05) is 4.57 Å². The lowest BCUT2D eigenvalue weighted by Gasteiger charge is -2.36. The van der Waals surface area contributed by atoms with Gasteiger partial charge in [-0.25, -0.2) is 0 Å². The van der Waals surface area contributed by atoms with Crippen LogP contribution in [0.4, 0.5) is 0 Å². The number of unbranched alkanes of at least 4 members (excludes halogenated alkanes) is 1. The van der Waals surface area contributed by atoms with E-state index < -0.39 is 0 Å². The first-order chi connectivity index (χ1) is 13.7. The molecule has 2 aromatic rings. The van der Waals surface area contributed by atoms with Crippen molar-refractivity contribution in [1.82, 2.24) is 25.0 Å². The third kappa shape index (κ3) is 5.55. The summed E-state index contributed by atoms with van der Waals surface area (Å²) in [6.45, 7) is 11.4. The van der Waals surface area contributed by atoms with Crippen molar-refractivity contribution in [3.05, 3.63) is 47.5 Å². The fourth-order valence-electron chi connectivity index (χ4n) is 3.57. The van der Waals surface area contributed by atoms with Gasteiger partial charge in [-0.05, 0) is 44.7 Å². The molecule has 28 heavy (non-hydrogen) atoms. The number of benzene rings is 1. The lowest BCUT2D eigenvalue weighted by Crippen LogP contribution is -2.48. The Hall–Kier alpha value is -2.41. The minimum Gasteiger partial charge on any atom is -0.370 e. The molecule has 0 aliphatic carbocycles. The second-order valence-electron chi connectivity index (χ2n) is 7.31. The van der Waals surface area contributed by atoms with E-state index in [0.29, 0.717) is 0 Å². The number of guanidine groups is 1. The minimum absolute atomic E-state index is 0.0898. The van der Waals surface area contributed by atoms with Crippen LogP contribution in [0.1, 0.15) is 42.6 Å². The Kier molecular flexibility index (Phi) is 7.42. The molecule has 0 saturated carbocycles. The largest absolute Gasteiger partial charge is 0.370 e. The molecule has 7 heteroatoms. The number of aliphatic imine (C=N–C) groups is 1. The molecule has 1 N–H and O–H groups in total. The number of aryl methyl sites for hydroxylation is 3. The van der Waals surface area contributed by atoms with Gasteiger partial charge in [-0.2, -0.15) is 0 Å². The maximum absolute atomic E-state index is 6.09. The molecule has 1 aliphatic heterocycles. The maximum Gasteiger partial charge on any atom is 0.194 e. The van der Waals surface area contributed by atoms with Gasteiger partial charge >= 0.3 is 0 Å². The molecule has 1 atom stereocenters. The summed E-state index contributed by atoms with van der Waals surface area (Å²) in [5, 5.41) is 11.1. The SMILES string of the molecule is CCNC(=NCCCCn1cnnc1)N1CCOC(c2ccc(C)cc2C)C1. The summed E-state index contributed by atoms with van der Waals surface area (Å²) >= 11 is 0. The summed E-state index contributed by atoms with van der Waals surface area (Å²) < 4.78 is 8.09. The monoisotopic (exact) mass is 384 g/mol. The van der Waals surface area contributed by atoms with Crippen LogP contribution in [0.3, 0.4) is 0 Å². The van der Waals surface area contributed by atoms with Crippen LogP contribution in [-0.2, 0) is 11.3 Å². The molecule has 0 radical (unpaired) electrons. The van der Waals surface area contributed by atoms with Crippen LogP contribution in [0.25, 0.3) is 0 Å². The van der Waals surface area contributed by atoms with Crippen LogP contribution in [-0.4, -0.2) is 58.4 Å². The number of nitrogens with zero attached hydrogens (tertiary/aromatic N) is 5. The van der Waals surface area contributed by atoms with E-state index >= 15 is 0 Å². The summed E-state index contributed by atoms with van der Waals surface area (Å²) in [7, 11) is 0. The van der Waals surface area contributed by atoms with Gasteiger partial charge in [0.05, 0.1) is 13.2 Å². The Balaban J connectivity index is 1.57. The van der Waals surface area contributed by atoms with Crippen molar-refractivity contribution < 1.29 is 4.74 Å². The first kappa shape index (κ1) is 20.3. The molecule has 1 saturated heterocycles. The third-order valence-corrected chi connectivity index (χ3v) is 5.03. The number of ether oxygens (including phenoxy) is 1. The molecular weight excluding hydrogens is 352 g/mol. The van der Waals surface area contributed by atoms with Crippen molar-refractivity contribution >= 4 is 5.96 Å². The van der Waals surface area contributed by atoms with Crippen LogP contribution in [0.2, 0.25) is 0 Å². The number of hydrogen-bond donors (Lipinski definition) is 1. The Morgan fingerprint density at radius 2 is 2.07 bits per heavy atom. The van der Waals surface area contributed by atoms with Crippen LogP contribution >= 0.6 is 0 Å². The van der Waals surface area contributed by atoms with E-state index in [0.717, 1.165) is 58.1 Å². The van der Waals surface area contributed by atoms with Gasteiger partial charge < -0.3 is 19.5 Å². The molecule has 152 valence electrons. The summed E-state index contributed by atoms with van der Waals surface area (Å²) in [4.78, 5) is 7.19. The van der Waals surface area contributed by atoms with Crippen LogP contribution in [0.5, 0.6) is 0 Å². The first-order valence-electron chi connectivity index (χ1n) is 10.2. The predicted molar refractivity (Wildman–Crippen MR) is 111 cm³/mol. The van der Waals surface area contributed by atoms with Gasteiger partial charge in [-0.1, -0.05) is 23.8 Å². The van der Waals surface area contributed by atoms with Crippen molar-refractivity contribution in [3.63, 3.8) is 0 Å². The molecule has 1 aromatic carbocycles. The van der Waals surface area contributed by atoms with Crippen molar-refractivity contribution in [2.45, 2.75) is 46.3 Å². The zero-order valence-electron chi connectivity index (χ0n) is 17.3. The highest BCUT2D eigenvalue weighted by Gasteiger charge is 2.25. The highest BCUT2D eigenvalue weighted by atomic mass is 16.5. The standard InChI is InChI=1S/C21H32N6O/c1-4-22-21(23-9-5-6-10-26-15-24-25-16-26)27-11-12-28-20(14-27)19-8-7-17(2)13-18(19)3/h7-8,13,15-16,20H,4-6,9-12,14H2,1-3H3,(H,22,23). The smallest absolute Gasteiger partial charge is 0.194 e. The van der Waals surface area contributed by atoms with Crippen LogP contribution in [0.15, 0.2) is 35.8 Å². The van der Waals surface area contributed by atoms with Gasteiger partial charge in [0, 0.05) is 26.2 Å². The number of morpholine rings is 1. The van der Waals surface area contributed by atoms with E-state index in [4.69, 9.17) is 9.73 Å². The van der Waals surface area contributed by atoms with Gasteiger partial charge in [0.25, 0.3) is 0 Å². The fourth-order valence-corrected chi connectivity index (χ4v) is 3.57. The van der Waals surface area contributed by atoms with Gasteiger partial charge in [-0.15, -0.1) is 10.2 Å². The lowest BCUT2D eigenvalue weighted by molar-refractivity contribution is -0.00833. The van der Waals surface area contributed by atoms with Gasteiger partial charge in [0.1, 0.15) is 18.8 Å². The average molecular weight is 385 g/mol. The van der Waals surface area contributed by atoms with E-state index in [1.165, 1.54) is 16.7 Å². The van der Waals surface area contributed by atoms with Gasteiger partial charge in [0.15, 0.2) is 5.96 Å². The van der Waals surface area contributed by atoms with Crippen LogP contribution < -0.4 is 5.32 Å². The van der Waals surface area contributed by atoms with Crippen LogP contribution in [0, 0.1) is 13.8 Å². The van der Waals surface area contributed by atoms with E-state index in [9.17, 15) is 0 Å². The van der Waals surface area contributed by atoms with Crippen molar-refractivity contribution in [3.8, 4) is 0 Å². The molecule has 1 aromatic heterocycles. The normalized spacial score (nSPS) is 17.8. The highest BCUT2D eigenvalue weighted by molar-refractivity contribution is 5.80. The number of rotatable bonds is 7. The van der Waals surface area contributed by atoms with Gasteiger partial charge in [0.2, 0.25) is 0 Å². The zero-order valence-corrected chi connectivity index (χ0v) is 17.3. The first-order valence-corrected chi connectivity index (χ1v) is 10.2. The summed E-state index contributed by atoms with van der Waals surface area (Å²) in [6.07, 6.45) is 5.71. The molecular formula is C21H32N6O. The summed E-state index contributed by atoms with van der Waals surface area (Å²) in [5.41, 5.74) is 3.86. The van der Waals surface area contributed by atoms with E-state index in [-0.39, 0.29) is 6.10 Å². The topological polar surface area (TPSA) is 67.6 Å². The third-order valence-electron chi connectivity index (χ3n) is 5.03. The maximum atomic E-state index is 6.09. The van der Waals surface area contributed by atoms with Crippen molar-refractivity contribution in [2.75, 3.05) is 32.8 Å². The average Bonchev–Trinajstić information content (AvgIpc) is 3.20. The highest BCUT2D eigenvalue weighted by Crippen LogP contribution is 2.25. The zero-order chi connectivity index (χ0) is 19.8. The predicted octanol–water partition coefficient (Wildman–Crippen LogP) is 2.71. The molecule has 7 nitrogen and oxygen atoms in total. The number of hydrogen-bond acceptors (Lipinski definition) is 4. The molecule has 1 aliphatic rings. The number of aromatic nitrogens is 3. The molecule has 0 bridgehead atoms. The Labute approximate surface area is 167 Å².